The molecule has 0 saturated carbocycles. The van der Waals surface area contributed by atoms with Gasteiger partial charge >= 0.3 is 0 Å². The van der Waals surface area contributed by atoms with Gasteiger partial charge in [0.2, 0.25) is 10.0 Å². The molecule has 2 aliphatic heterocycles. The number of benzene rings is 1. The van der Waals surface area contributed by atoms with Crippen molar-refractivity contribution in [3.63, 3.8) is 0 Å². The highest BCUT2D eigenvalue weighted by Gasteiger charge is 2.32. The summed E-state index contributed by atoms with van der Waals surface area (Å²) in [5, 5.41) is 12.0. The molecule has 1 fully saturated rings. The number of fused-ring (bicyclic) bond motifs is 1. The van der Waals surface area contributed by atoms with Gasteiger partial charge in [0.25, 0.3) is 0 Å². The maximum atomic E-state index is 13.0. The van der Waals surface area contributed by atoms with Crippen LogP contribution in [0.1, 0.15) is 37.3 Å². The van der Waals surface area contributed by atoms with Crippen LogP contribution in [0, 0.1) is 0 Å². The second-order valence-electron chi connectivity index (χ2n) is 6.89. The summed E-state index contributed by atoms with van der Waals surface area (Å²) in [6.45, 7) is 5.91. The molecular formula is C18H25N5O3S. The first-order valence-electron chi connectivity index (χ1n) is 9.45. The van der Waals surface area contributed by atoms with E-state index in [1.165, 1.54) is 0 Å². The number of rotatable bonds is 5. The van der Waals surface area contributed by atoms with Crippen LogP contribution in [-0.4, -0.2) is 53.7 Å². The van der Waals surface area contributed by atoms with Crippen molar-refractivity contribution in [3.8, 4) is 5.75 Å². The minimum absolute atomic E-state index is 0.255. The van der Waals surface area contributed by atoms with E-state index in [-0.39, 0.29) is 10.8 Å². The number of hydrogen-bond acceptors (Lipinski definition) is 6. The van der Waals surface area contributed by atoms with E-state index < -0.39 is 10.0 Å². The Balaban J connectivity index is 1.47. The molecule has 8 nitrogen and oxygen atoms in total. The van der Waals surface area contributed by atoms with Crippen molar-refractivity contribution in [2.75, 3.05) is 26.2 Å². The monoisotopic (exact) mass is 391 g/mol. The number of nitrogens with zero attached hydrogens (tertiary/aromatic N) is 4. The quantitative estimate of drug-likeness (QED) is 0.828. The summed E-state index contributed by atoms with van der Waals surface area (Å²) in [6, 6.07) is 6.73. The van der Waals surface area contributed by atoms with Crippen molar-refractivity contribution < 1.29 is 13.2 Å². The van der Waals surface area contributed by atoms with Crippen molar-refractivity contribution in [1.29, 1.82) is 0 Å². The number of nitrogens with one attached hydrogen (secondary N) is 1. The fourth-order valence-corrected chi connectivity index (χ4v) is 5.32. The van der Waals surface area contributed by atoms with Crippen molar-refractivity contribution in [3.05, 3.63) is 35.9 Å². The maximum Gasteiger partial charge on any atom is 0.243 e. The molecule has 0 radical (unpaired) electrons. The molecule has 1 aromatic heterocycles. The summed E-state index contributed by atoms with van der Waals surface area (Å²) in [5.41, 5.74) is 0. The third kappa shape index (κ3) is 3.59. The van der Waals surface area contributed by atoms with E-state index in [4.69, 9.17) is 4.74 Å². The van der Waals surface area contributed by atoms with E-state index in [1.54, 1.807) is 28.6 Å². The predicted molar refractivity (Wildman–Crippen MR) is 100 cm³/mol. The molecule has 2 aromatic rings. The van der Waals surface area contributed by atoms with Crippen LogP contribution in [0.2, 0.25) is 0 Å². The van der Waals surface area contributed by atoms with Gasteiger partial charge in [-0.25, -0.2) is 8.42 Å². The normalized spacial score (nSPS) is 19.0. The summed E-state index contributed by atoms with van der Waals surface area (Å²) < 4.78 is 35.2. The van der Waals surface area contributed by atoms with Crippen LogP contribution in [0.15, 0.2) is 29.2 Å². The molecule has 0 bridgehead atoms. The summed E-state index contributed by atoms with van der Waals surface area (Å²) in [5.74, 6) is 2.81. The first-order valence-corrected chi connectivity index (χ1v) is 10.9. The summed E-state index contributed by atoms with van der Waals surface area (Å²) in [4.78, 5) is 0.290. The highest BCUT2D eigenvalue weighted by Crippen LogP contribution is 2.31. The van der Waals surface area contributed by atoms with Gasteiger partial charge in [0.15, 0.2) is 0 Å². The molecule has 0 atom stereocenters. The minimum atomic E-state index is -3.51. The van der Waals surface area contributed by atoms with E-state index in [9.17, 15) is 8.42 Å². The average Bonchev–Trinajstić information content (AvgIpc) is 3.13. The smallest absolute Gasteiger partial charge is 0.243 e. The number of piperidine rings is 1. The van der Waals surface area contributed by atoms with Crippen LogP contribution in [0.5, 0.6) is 5.75 Å². The molecule has 27 heavy (non-hydrogen) atoms. The van der Waals surface area contributed by atoms with E-state index >= 15 is 0 Å². The molecule has 1 aromatic carbocycles. The lowest BCUT2D eigenvalue weighted by atomic mass is 9.97. The highest BCUT2D eigenvalue weighted by atomic mass is 32.2. The zero-order valence-electron chi connectivity index (χ0n) is 15.5. The molecule has 3 heterocycles. The molecule has 4 rings (SSSR count). The summed E-state index contributed by atoms with van der Waals surface area (Å²) >= 11 is 0. The number of hydrogen-bond donors (Lipinski definition) is 1. The maximum absolute atomic E-state index is 13.0. The Labute approximate surface area is 159 Å². The van der Waals surface area contributed by atoms with Crippen LogP contribution >= 0.6 is 0 Å². The molecule has 0 aliphatic carbocycles. The largest absolute Gasteiger partial charge is 0.494 e. The Bertz CT molecular complexity index is 903. The van der Waals surface area contributed by atoms with Crippen LogP contribution in [-0.2, 0) is 23.1 Å². The summed E-state index contributed by atoms with van der Waals surface area (Å²) in [7, 11) is -3.51. The van der Waals surface area contributed by atoms with Gasteiger partial charge in [0.05, 0.1) is 18.0 Å². The topological polar surface area (TPSA) is 89.4 Å². The average molecular weight is 391 g/mol. The Morgan fingerprint density at radius 1 is 1.22 bits per heavy atom. The van der Waals surface area contributed by atoms with Gasteiger partial charge in [-0.05, 0) is 31.9 Å². The second-order valence-corrected chi connectivity index (χ2v) is 8.83. The third-order valence-corrected chi connectivity index (χ3v) is 7.12. The molecule has 0 spiro atoms. The van der Waals surface area contributed by atoms with Crippen LogP contribution in [0.25, 0.3) is 0 Å². The summed E-state index contributed by atoms with van der Waals surface area (Å²) in [6.07, 6.45) is 1.52. The first-order chi connectivity index (χ1) is 13.1. The molecule has 1 N–H and O–H groups in total. The fourth-order valence-electron chi connectivity index (χ4n) is 3.81. The van der Waals surface area contributed by atoms with Gasteiger partial charge in [-0.3, -0.25) is 0 Å². The lowest BCUT2D eigenvalue weighted by molar-refractivity contribution is 0.306. The zero-order valence-corrected chi connectivity index (χ0v) is 16.3. The molecule has 9 heteroatoms. The van der Waals surface area contributed by atoms with Crippen LogP contribution in [0.3, 0.4) is 0 Å². The van der Waals surface area contributed by atoms with Gasteiger partial charge in [0.1, 0.15) is 17.4 Å². The molecule has 2 aliphatic rings. The fraction of sp³-hybridized carbons (Fsp3) is 0.556. The van der Waals surface area contributed by atoms with E-state index in [0.29, 0.717) is 25.4 Å². The SMILES string of the molecule is CCOc1cccc(S(=O)(=O)N2CCC(c3nnc4n3CCNC4)CC2)c1. The predicted octanol–water partition coefficient (Wildman–Crippen LogP) is 1.35. The van der Waals surface area contributed by atoms with Crippen molar-refractivity contribution >= 4 is 10.0 Å². The Morgan fingerprint density at radius 3 is 2.81 bits per heavy atom. The third-order valence-electron chi connectivity index (χ3n) is 5.22. The second kappa shape index (κ2) is 7.57. The van der Waals surface area contributed by atoms with Crippen LogP contribution in [0.4, 0.5) is 0 Å². The molecule has 0 amide bonds. The Kier molecular flexibility index (Phi) is 5.16. The molecule has 146 valence electrons. The standard InChI is InChI=1S/C18H25N5O3S/c1-2-26-15-4-3-5-16(12-15)27(24,25)22-9-6-14(7-10-22)18-21-20-17-13-19-8-11-23(17)18/h3-5,12,14,19H,2,6-11,13H2,1H3. The minimum Gasteiger partial charge on any atom is -0.494 e. The van der Waals surface area contributed by atoms with Crippen molar-refractivity contribution in [2.24, 2.45) is 0 Å². The number of sulfonamides is 1. The van der Waals surface area contributed by atoms with Gasteiger partial charge in [-0.1, -0.05) is 6.07 Å². The van der Waals surface area contributed by atoms with Gasteiger partial charge in [0, 0.05) is 38.2 Å². The first kappa shape index (κ1) is 18.4. The van der Waals surface area contributed by atoms with Crippen LogP contribution < -0.4 is 10.1 Å². The lowest BCUT2D eigenvalue weighted by Crippen LogP contribution is -2.38. The van der Waals surface area contributed by atoms with Crippen molar-refractivity contribution in [2.45, 2.75) is 43.7 Å². The molecule has 0 unspecified atom stereocenters. The number of aromatic nitrogens is 3. The van der Waals surface area contributed by atoms with E-state index in [2.05, 4.69) is 20.1 Å². The van der Waals surface area contributed by atoms with Crippen molar-refractivity contribution in [1.82, 2.24) is 24.4 Å². The zero-order chi connectivity index (χ0) is 18.9. The van der Waals surface area contributed by atoms with E-state index in [0.717, 1.165) is 44.1 Å². The Hall–Kier alpha value is -1.97. The van der Waals surface area contributed by atoms with E-state index in [1.807, 2.05) is 6.92 Å². The lowest BCUT2D eigenvalue weighted by Gasteiger charge is -2.31. The highest BCUT2D eigenvalue weighted by molar-refractivity contribution is 7.89. The van der Waals surface area contributed by atoms with Gasteiger partial charge in [-0.15, -0.1) is 10.2 Å². The number of ether oxygens (including phenoxy) is 1. The van der Waals surface area contributed by atoms with Gasteiger partial charge < -0.3 is 14.6 Å². The Morgan fingerprint density at radius 2 is 2.04 bits per heavy atom. The molecular weight excluding hydrogens is 366 g/mol. The molecule has 1 saturated heterocycles. The van der Waals surface area contributed by atoms with Gasteiger partial charge in [-0.2, -0.15) is 4.31 Å².